The average Bonchev–Trinajstić information content (AvgIpc) is 2.88. The molecular weight excluding hydrogens is 554 g/mol. The number of amides is 3. The van der Waals surface area contributed by atoms with Gasteiger partial charge in [0, 0.05) is 18.9 Å². The lowest BCUT2D eigenvalue weighted by atomic mass is 9.95. The number of ketones is 1. The molecule has 0 saturated carbocycles. The fourth-order valence-corrected chi connectivity index (χ4v) is 4.30. The Bertz CT molecular complexity index is 864. The third-order valence-corrected chi connectivity index (χ3v) is 6.61. The van der Waals surface area contributed by atoms with E-state index in [4.69, 9.17) is 14.2 Å². The molecule has 0 bridgehead atoms. The first-order valence-electron chi connectivity index (χ1n) is 15.9. The van der Waals surface area contributed by atoms with Gasteiger partial charge in [-0.25, -0.2) is 14.4 Å². The van der Waals surface area contributed by atoms with Crippen LogP contribution < -0.4 is 16.0 Å². The van der Waals surface area contributed by atoms with E-state index in [0.29, 0.717) is 45.1 Å². The first-order valence-corrected chi connectivity index (χ1v) is 15.9. The zero-order chi connectivity index (χ0) is 33.1. The van der Waals surface area contributed by atoms with Crippen molar-refractivity contribution >= 4 is 29.8 Å². The second-order valence-corrected chi connectivity index (χ2v) is 13.2. The Morgan fingerprint density at radius 1 is 0.674 bits per heavy atom. The Labute approximate surface area is 259 Å². The van der Waals surface area contributed by atoms with Crippen LogP contribution in [0.3, 0.4) is 0 Å². The highest BCUT2D eigenvalue weighted by Crippen LogP contribution is 2.16. The number of rotatable bonds is 20. The van der Waals surface area contributed by atoms with Crippen molar-refractivity contribution in [3.8, 4) is 0 Å². The van der Waals surface area contributed by atoms with Crippen LogP contribution in [0.1, 0.15) is 132 Å². The summed E-state index contributed by atoms with van der Waals surface area (Å²) >= 11 is 0. The summed E-state index contributed by atoms with van der Waals surface area (Å²) in [5, 5.41) is 8.06. The molecule has 250 valence electrons. The van der Waals surface area contributed by atoms with Crippen LogP contribution in [0.25, 0.3) is 0 Å². The topological polar surface area (TPSA) is 149 Å². The second kappa shape index (κ2) is 21.0. The molecule has 0 aliphatic rings. The number of hydrogen-bond acceptors (Lipinski definition) is 8. The van der Waals surface area contributed by atoms with E-state index in [-0.39, 0.29) is 17.6 Å². The van der Waals surface area contributed by atoms with Gasteiger partial charge < -0.3 is 30.2 Å². The number of unbranched alkanes of at least 4 members (excludes halogenated alkanes) is 5. The van der Waals surface area contributed by atoms with Gasteiger partial charge in [0.15, 0.2) is 0 Å². The van der Waals surface area contributed by atoms with Crippen LogP contribution in [-0.4, -0.2) is 66.8 Å². The fourth-order valence-electron chi connectivity index (χ4n) is 4.30. The van der Waals surface area contributed by atoms with Crippen molar-refractivity contribution in [1.82, 2.24) is 16.0 Å². The van der Waals surface area contributed by atoms with Crippen molar-refractivity contribution in [3.05, 3.63) is 0 Å². The summed E-state index contributed by atoms with van der Waals surface area (Å²) < 4.78 is 15.4. The monoisotopic (exact) mass is 613 g/mol. The van der Waals surface area contributed by atoms with Gasteiger partial charge in [0.1, 0.15) is 29.1 Å². The predicted octanol–water partition coefficient (Wildman–Crippen LogP) is 5.97. The van der Waals surface area contributed by atoms with Gasteiger partial charge in [-0.05, 0) is 80.1 Å². The maximum absolute atomic E-state index is 13.0. The van der Waals surface area contributed by atoms with Gasteiger partial charge in [-0.1, -0.05) is 46.0 Å². The summed E-state index contributed by atoms with van der Waals surface area (Å²) in [7, 11) is 1.25. The number of carbonyl (C=O) groups excluding carboxylic acids is 5. The van der Waals surface area contributed by atoms with E-state index >= 15 is 0 Å². The molecule has 11 nitrogen and oxygen atoms in total. The van der Waals surface area contributed by atoms with Crippen LogP contribution in [0, 0.1) is 5.92 Å². The van der Waals surface area contributed by atoms with Crippen molar-refractivity contribution in [2.75, 3.05) is 13.7 Å². The summed E-state index contributed by atoms with van der Waals surface area (Å²) in [4.78, 5) is 62.0. The van der Waals surface area contributed by atoms with E-state index in [9.17, 15) is 24.0 Å². The lowest BCUT2D eigenvalue weighted by Gasteiger charge is -2.23. The SMILES string of the molecule is CCCCC[C@H](C)C(=O)CCCCC[C@H](NC(=O)OC(C)(C)C)C(=O)NCCCC[C@H](NC(=O)OC(C)(C)C)C(=O)OC. The van der Waals surface area contributed by atoms with E-state index < -0.39 is 41.4 Å². The number of esters is 1. The van der Waals surface area contributed by atoms with Crippen LogP contribution in [0.5, 0.6) is 0 Å². The minimum atomic E-state index is -0.872. The molecule has 3 atom stereocenters. The highest BCUT2D eigenvalue weighted by molar-refractivity contribution is 5.85. The molecule has 0 spiro atoms. The van der Waals surface area contributed by atoms with Gasteiger partial charge in [-0.2, -0.15) is 0 Å². The van der Waals surface area contributed by atoms with Crippen LogP contribution >= 0.6 is 0 Å². The molecular formula is C32H59N3O8. The zero-order valence-corrected chi connectivity index (χ0v) is 28.2. The highest BCUT2D eigenvalue weighted by Gasteiger charge is 2.26. The van der Waals surface area contributed by atoms with Crippen LogP contribution in [0.2, 0.25) is 0 Å². The third-order valence-electron chi connectivity index (χ3n) is 6.61. The summed E-state index contributed by atoms with van der Waals surface area (Å²) in [6.07, 6.45) is 7.39. The average molecular weight is 614 g/mol. The van der Waals surface area contributed by atoms with Gasteiger partial charge in [0.2, 0.25) is 5.91 Å². The third kappa shape index (κ3) is 21.5. The molecule has 43 heavy (non-hydrogen) atoms. The Balaban J connectivity index is 4.82. The standard InChI is InChI=1S/C32H59N3O8/c1-10-11-13-18-23(2)26(36)21-15-12-14-19-24(34-29(39)42-31(3,4)5)27(37)33-22-17-16-20-25(28(38)41-9)35-30(40)43-32(6,7)8/h23-25H,10-22H2,1-9H3,(H,33,37)(H,34,39)(H,35,40)/t23-,24-,25-/m0/s1. The Hall–Kier alpha value is -2.85. The van der Waals surface area contributed by atoms with Crippen molar-refractivity contribution in [3.63, 3.8) is 0 Å². The van der Waals surface area contributed by atoms with E-state index in [1.165, 1.54) is 7.11 Å². The molecule has 0 heterocycles. The van der Waals surface area contributed by atoms with E-state index in [0.717, 1.165) is 38.5 Å². The first-order chi connectivity index (χ1) is 20.0. The summed E-state index contributed by atoms with van der Waals surface area (Å²) in [6, 6.07) is -1.65. The molecule has 0 unspecified atom stereocenters. The number of Topliss-reactive ketones (excluding diaryl/α,β-unsaturated/α-hetero) is 1. The number of carbonyl (C=O) groups is 5. The number of methoxy groups -OCH3 is 1. The summed E-state index contributed by atoms with van der Waals surface area (Å²) in [6.45, 7) is 14.9. The van der Waals surface area contributed by atoms with Crippen molar-refractivity contribution in [2.24, 2.45) is 5.92 Å². The summed E-state index contributed by atoms with van der Waals surface area (Å²) in [5.41, 5.74) is -1.41. The van der Waals surface area contributed by atoms with Crippen LogP contribution in [-0.2, 0) is 28.6 Å². The van der Waals surface area contributed by atoms with Crippen molar-refractivity contribution in [2.45, 2.75) is 156 Å². The number of alkyl carbamates (subject to hydrolysis) is 2. The Morgan fingerprint density at radius 3 is 1.72 bits per heavy atom. The molecule has 0 fully saturated rings. The Kier molecular flexibility index (Phi) is 19.6. The predicted molar refractivity (Wildman–Crippen MR) is 167 cm³/mol. The molecule has 0 saturated heterocycles. The molecule has 0 aromatic rings. The number of ether oxygens (including phenoxy) is 3. The molecule has 0 aromatic carbocycles. The Morgan fingerprint density at radius 2 is 1.19 bits per heavy atom. The maximum atomic E-state index is 13.0. The van der Waals surface area contributed by atoms with Crippen LogP contribution in [0.4, 0.5) is 9.59 Å². The van der Waals surface area contributed by atoms with Gasteiger partial charge in [-0.3, -0.25) is 9.59 Å². The zero-order valence-electron chi connectivity index (χ0n) is 28.2. The van der Waals surface area contributed by atoms with Gasteiger partial charge in [0.25, 0.3) is 0 Å². The molecule has 0 rings (SSSR count). The van der Waals surface area contributed by atoms with E-state index in [1.54, 1.807) is 41.5 Å². The largest absolute Gasteiger partial charge is 0.467 e. The maximum Gasteiger partial charge on any atom is 0.408 e. The first kappa shape index (κ1) is 40.1. The van der Waals surface area contributed by atoms with Gasteiger partial charge in [0.05, 0.1) is 7.11 Å². The lowest BCUT2D eigenvalue weighted by Crippen LogP contribution is -2.48. The van der Waals surface area contributed by atoms with Crippen molar-refractivity contribution < 1.29 is 38.2 Å². The van der Waals surface area contributed by atoms with Gasteiger partial charge in [-0.15, -0.1) is 0 Å². The number of hydrogen-bond donors (Lipinski definition) is 3. The van der Waals surface area contributed by atoms with E-state index in [2.05, 4.69) is 22.9 Å². The van der Waals surface area contributed by atoms with Crippen LogP contribution in [0.15, 0.2) is 0 Å². The fraction of sp³-hybridized carbons (Fsp3) is 0.844. The molecule has 0 aliphatic carbocycles. The lowest BCUT2D eigenvalue weighted by molar-refractivity contribution is -0.143. The quantitative estimate of drug-likeness (QED) is 0.0864. The van der Waals surface area contributed by atoms with E-state index in [1.807, 2.05) is 6.92 Å². The van der Waals surface area contributed by atoms with Gasteiger partial charge >= 0.3 is 18.2 Å². The summed E-state index contributed by atoms with van der Waals surface area (Å²) in [5.74, 6) is -0.546. The normalized spacial score (nSPS) is 13.7. The molecule has 0 aliphatic heterocycles. The van der Waals surface area contributed by atoms with Crippen molar-refractivity contribution in [1.29, 1.82) is 0 Å². The molecule has 0 aromatic heterocycles. The molecule has 3 amide bonds. The molecule has 11 heteroatoms. The highest BCUT2D eigenvalue weighted by atomic mass is 16.6. The minimum Gasteiger partial charge on any atom is -0.467 e. The second-order valence-electron chi connectivity index (χ2n) is 13.2. The number of nitrogens with one attached hydrogen (secondary N) is 3. The smallest absolute Gasteiger partial charge is 0.408 e. The minimum absolute atomic E-state index is 0.0786. The molecule has 3 N–H and O–H groups in total. The molecule has 0 radical (unpaired) electrons.